The van der Waals surface area contributed by atoms with Crippen molar-refractivity contribution in [1.82, 2.24) is 0 Å². The maximum absolute atomic E-state index is 11.0. The average molecular weight is 1110 g/mol. The Morgan fingerprint density at radius 3 is 1.12 bits per heavy atom. The first kappa shape index (κ1) is 74.7. The van der Waals surface area contributed by atoms with Gasteiger partial charge in [-0.1, -0.05) is 175 Å². The number of carboxylic acids is 3. The van der Waals surface area contributed by atoms with E-state index in [9.17, 15) is 39.9 Å². The van der Waals surface area contributed by atoms with Crippen molar-refractivity contribution in [2.24, 2.45) is 45.9 Å². The van der Waals surface area contributed by atoms with Crippen LogP contribution in [-0.2, 0) is 33.3 Å². The van der Waals surface area contributed by atoms with Crippen molar-refractivity contribution in [2.75, 3.05) is 13.2 Å². The summed E-state index contributed by atoms with van der Waals surface area (Å²) in [5, 5.41) is 76.4. The van der Waals surface area contributed by atoms with Crippen molar-refractivity contribution in [3.05, 3.63) is 0 Å². The maximum atomic E-state index is 11.0. The minimum absolute atomic E-state index is 0.0542. The Morgan fingerprint density at radius 2 is 0.792 bits per heavy atom. The fraction of sp³-hybridized carbons (Fsp3) is 0.944. The molecule has 1 saturated carbocycles. The Bertz CT molecular complexity index is 1380. The molecule has 0 aromatic heterocycles. The summed E-state index contributed by atoms with van der Waals surface area (Å²) in [6.45, 7) is 6.15. The quantitative estimate of drug-likeness (QED) is 0.0401. The van der Waals surface area contributed by atoms with E-state index in [4.69, 9.17) is 80.1 Å². The number of carboxylic acid groups (broad SMARTS) is 3. The maximum Gasteiger partial charge on any atom is 0.320 e. The van der Waals surface area contributed by atoms with Crippen LogP contribution in [0, 0.1) is 0 Å². The lowest BCUT2D eigenvalue weighted by molar-refractivity contribution is -0.314. The molecule has 24 N–H and O–H groups in total. The lowest BCUT2D eigenvalue weighted by Crippen LogP contribution is -2.68. The molecule has 458 valence electrons. The van der Waals surface area contributed by atoms with E-state index in [1.54, 1.807) is 0 Å². The van der Waals surface area contributed by atoms with Crippen LogP contribution in [0.15, 0.2) is 0 Å². The first-order valence-electron chi connectivity index (χ1n) is 29.3. The van der Waals surface area contributed by atoms with Crippen LogP contribution >= 0.6 is 0 Å². The third-order valence-electron chi connectivity index (χ3n) is 14.5. The predicted molar refractivity (Wildman–Crippen MR) is 297 cm³/mol. The number of rotatable bonds is 36. The molecule has 2 aliphatic heterocycles. The molecule has 0 aromatic rings. The summed E-state index contributed by atoms with van der Waals surface area (Å²) in [6.07, 6.45) is 20.6. The molecule has 2 heterocycles. The third kappa shape index (κ3) is 32.7. The van der Waals surface area contributed by atoms with Crippen molar-refractivity contribution >= 4 is 17.9 Å². The van der Waals surface area contributed by atoms with E-state index in [-0.39, 0.29) is 19.4 Å². The number of aliphatic hydroxyl groups is 5. The van der Waals surface area contributed by atoms with Gasteiger partial charge in [0.05, 0.1) is 30.9 Å². The molecule has 0 aromatic carbocycles. The standard InChI is InChI=1S/C18H37N5O9.3C12H25NO2/c19-3-9-8(25)2-7(22)17(29-9)31-15-5(20)1-6(21)16(14(15)28)32-18-13(27)11(23)12(26)10(4-24)30-18;3*1-2-3-4-5-6-7-8-9-10-11(13)12(14)15/h5-18,24-28H,1-4,19-23H2;3*11H,2-10,13H2,1H3,(H,14,15)/t5-,6+,7+,8-,9+,10+,11-,12+,13+,14-,15+,16-,17+,18+;;;/m0.../s1. The molecule has 3 aliphatic rings. The van der Waals surface area contributed by atoms with Crippen LogP contribution < -0.4 is 45.9 Å². The fourth-order valence-corrected chi connectivity index (χ4v) is 9.29. The molecule has 23 nitrogen and oxygen atoms in total. The van der Waals surface area contributed by atoms with Gasteiger partial charge >= 0.3 is 17.9 Å². The van der Waals surface area contributed by atoms with E-state index >= 15 is 0 Å². The summed E-state index contributed by atoms with van der Waals surface area (Å²) >= 11 is 0. The van der Waals surface area contributed by atoms with Crippen molar-refractivity contribution < 1.29 is 74.2 Å². The van der Waals surface area contributed by atoms with Gasteiger partial charge in [0.25, 0.3) is 0 Å². The van der Waals surface area contributed by atoms with Crippen molar-refractivity contribution in [1.29, 1.82) is 0 Å². The Balaban J connectivity index is 0.00000109. The smallest absolute Gasteiger partial charge is 0.320 e. The zero-order valence-electron chi connectivity index (χ0n) is 47.3. The normalized spacial score (nSPS) is 29.3. The summed E-state index contributed by atoms with van der Waals surface area (Å²) in [7, 11) is 0. The highest BCUT2D eigenvalue weighted by molar-refractivity contribution is 5.73. The summed E-state index contributed by atoms with van der Waals surface area (Å²) < 4.78 is 22.7. The number of aliphatic carboxylic acids is 3. The fourth-order valence-electron chi connectivity index (χ4n) is 9.29. The molecule has 3 rings (SSSR count). The van der Waals surface area contributed by atoms with Crippen LogP contribution in [0.2, 0.25) is 0 Å². The molecule has 0 spiro atoms. The van der Waals surface area contributed by atoms with Gasteiger partial charge in [-0.2, -0.15) is 0 Å². The zero-order chi connectivity index (χ0) is 58.3. The first-order chi connectivity index (χ1) is 36.6. The Hall–Kier alpha value is -2.27. The van der Waals surface area contributed by atoms with E-state index < -0.39 is 128 Å². The van der Waals surface area contributed by atoms with E-state index in [1.165, 1.54) is 116 Å². The number of hydrogen-bond acceptors (Lipinski definition) is 20. The molecule has 3 fully saturated rings. The predicted octanol–water partition coefficient (Wildman–Crippen LogP) is 2.49. The van der Waals surface area contributed by atoms with Crippen molar-refractivity contribution in [2.45, 2.75) is 311 Å². The SMILES string of the molecule is CCCCCCCCCCC(N)C(=O)O.CCCCCCCCCCC(N)C(=O)O.CCCCCCCCCCC(N)C(=O)O.NC[C@H]1O[C@H](O[C@H]2[C@H](O)[C@@H](O[C@H]3O[C@H](CO)[C@@H](O)[C@H](N)[C@H]3O)[C@H](N)C[C@@H]2N)[C@H](N)C[C@@H]1O. The lowest BCUT2D eigenvalue weighted by Gasteiger charge is -2.47. The van der Waals surface area contributed by atoms with Gasteiger partial charge < -0.3 is 106 Å². The molecule has 0 bridgehead atoms. The number of unbranched alkanes of at least 4 members (excludes halogenated alkanes) is 21. The minimum Gasteiger partial charge on any atom is -0.480 e. The topological polar surface area (TPSA) is 458 Å². The first-order valence-corrected chi connectivity index (χ1v) is 29.3. The van der Waals surface area contributed by atoms with Gasteiger partial charge in [0.2, 0.25) is 0 Å². The molecule has 0 radical (unpaired) electrons. The minimum atomic E-state index is -1.44. The Kier molecular flexibility index (Phi) is 44.0. The van der Waals surface area contributed by atoms with Crippen molar-refractivity contribution in [3.63, 3.8) is 0 Å². The molecule has 0 amide bonds. The van der Waals surface area contributed by atoms with Crippen LogP contribution in [0.4, 0.5) is 0 Å². The second kappa shape index (κ2) is 45.4. The number of carbonyl (C=O) groups is 3. The van der Waals surface area contributed by atoms with E-state index in [1.807, 2.05) is 0 Å². The second-order valence-corrected chi connectivity index (χ2v) is 21.4. The Labute approximate surface area is 460 Å². The Morgan fingerprint density at radius 1 is 0.468 bits per heavy atom. The van der Waals surface area contributed by atoms with Gasteiger partial charge in [-0.3, -0.25) is 14.4 Å². The highest BCUT2D eigenvalue weighted by Crippen LogP contribution is 2.31. The summed E-state index contributed by atoms with van der Waals surface area (Å²) in [5.41, 5.74) is 46.0. The molecule has 17 atom stereocenters. The van der Waals surface area contributed by atoms with E-state index in [0.29, 0.717) is 19.3 Å². The molecule has 23 heteroatoms. The molecule has 1 aliphatic carbocycles. The van der Waals surface area contributed by atoms with Gasteiger partial charge in [-0.25, -0.2) is 0 Å². The average Bonchev–Trinajstić information content (AvgIpc) is 3.39. The van der Waals surface area contributed by atoms with E-state index in [0.717, 1.165) is 38.5 Å². The molecule has 3 unspecified atom stereocenters. The summed E-state index contributed by atoms with van der Waals surface area (Å²) in [5.74, 6) is -2.63. The highest BCUT2D eigenvalue weighted by atomic mass is 16.7. The highest BCUT2D eigenvalue weighted by Gasteiger charge is 2.50. The van der Waals surface area contributed by atoms with Gasteiger partial charge in [-0.05, 0) is 32.1 Å². The summed E-state index contributed by atoms with van der Waals surface area (Å²) in [4.78, 5) is 31.2. The number of hydrogen-bond donors (Lipinski definition) is 16. The van der Waals surface area contributed by atoms with Crippen LogP contribution in [0.5, 0.6) is 0 Å². The number of ether oxygens (including phenoxy) is 4. The zero-order valence-corrected chi connectivity index (χ0v) is 47.3. The van der Waals surface area contributed by atoms with Gasteiger partial charge in [0, 0.05) is 18.6 Å². The van der Waals surface area contributed by atoms with Gasteiger partial charge in [-0.15, -0.1) is 0 Å². The number of aliphatic hydroxyl groups excluding tert-OH is 5. The van der Waals surface area contributed by atoms with Crippen LogP contribution in [0.25, 0.3) is 0 Å². The lowest BCUT2D eigenvalue weighted by atomic mass is 9.84. The third-order valence-corrected chi connectivity index (χ3v) is 14.5. The molecular weight excluding hydrogens is 1000 g/mol. The van der Waals surface area contributed by atoms with Crippen LogP contribution in [0.3, 0.4) is 0 Å². The monoisotopic (exact) mass is 1110 g/mol. The van der Waals surface area contributed by atoms with Gasteiger partial charge in [0.15, 0.2) is 12.6 Å². The second-order valence-electron chi connectivity index (χ2n) is 21.4. The number of nitrogens with two attached hydrogens (primary N) is 8. The summed E-state index contributed by atoms with van der Waals surface area (Å²) in [6, 6.07) is -5.25. The van der Waals surface area contributed by atoms with Crippen LogP contribution in [0.1, 0.15) is 207 Å². The largest absolute Gasteiger partial charge is 0.480 e. The molecule has 2 saturated heterocycles. The van der Waals surface area contributed by atoms with Crippen molar-refractivity contribution in [3.8, 4) is 0 Å². The molecular formula is C54H112N8O15. The van der Waals surface area contributed by atoms with E-state index in [2.05, 4.69) is 20.8 Å². The van der Waals surface area contributed by atoms with Gasteiger partial charge in [0.1, 0.15) is 54.7 Å². The van der Waals surface area contributed by atoms with Crippen LogP contribution in [-0.4, -0.2) is 176 Å². The molecule has 77 heavy (non-hydrogen) atoms.